The van der Waals surface area contributed by atoms with Crippen LogP contribution in [0.4, 0.5) is 5.00 Å². The van der Waals surface area contributed by atoms with Crippen molar-refractivity contribution in [2.75, 3.05) is 19.0 Å². The van der Waals surface area contributed by atoms with Gasteiger partial charge in [-0.3, -0.25) is 9.59 Å². The summed E-state index contributed by atoms with van der Waals surface area (Å²) in [5.41, 5.74) is 1.19. The summed E-state index contributed by atoms with van der Waals surface area (Å²) < 4.78 is 9.93. The molecule has 0 fully saturated rings. The summed E-state index contributed by atoms with van der Waals surface area (Å²) in [5, 5.41) is 3.13. The number of methoxy groups -OCH3 is 1. The van der Waals surface area contributed by atoms with Crippen molar-refractivity contribution in [1.29, 1.82) is 0 Å². The van der Waals surface area contributed by atoms with Crippen LogP contribution < -0.4 is 5.32 Å². The normalized spacial score (nSPS) is 13.3. The van der Waals surface area contributed by atoms with Crippen molar-refractivity contribution in [1.82, 2.24) is 4.90 Å². The average Bonchev–Trinajstić information content (AvgIpc) is 3.20. The standard InChI is InChI=1S/C16H16N2O5S/c1-9(19)18-6-5-10-12(8-18)24-15(13(10)16(21)22-2)17-14(20)11-4-3-7-23-11/h3-4,7H,5-6,8H2,1-2H3,(H,17,20). The molecule has 1 aliphatic rings. The molecule has 1 N–H and O–H groups in total. The monoisotopic (exact) mass is 348 g/mol. The zero-order chi connectivity index (χ0) is 17.3. The number of esters is 1. The van der Waals surface area contributed by atoms with Crippen molar-refractivity contribution in [2.24, 2.45) is 0 Å². The number of hydrogen-bond acceptors (Lipinski definition) is 6. The van der Waals surface area contributed by atoms with Crippen molar-refractivity contribution in [3.05, 3.63) is 40.2 Å². The molecule has 2 aromatic heterocycles. The number of furan rings is 1. The number of fused-ring (bicyclic) bond motifs is 1. The Bertz CT molecular complexity index is 794. The Labute approximate surface area is 142 Å². The highest BCUT2D eigenvalue weighted by atomic mass is 32.1. The summed E-state index contributed by atoms with van der Waals surface area (Å²) in [6.45, 7) is 2.48. The van der Waals surface area contributed by atoms with Gasteiger partial charge in [-0.1, -0.05) is 0 Å². The van der Waals surface area contributed by atoms with Gasteiger partial charge in [-0.05, 0) is 24.1 Å². The number of carbonyl (C=O) groups excluding carboxylic acids is 3. The number of amides is 2. The number of nitrogens with zero attached hydrogens (tertiary/aromatic N) is 1. The summed E-state index contributed by atoms with van der Waals surface area (Å²) in [6.07, 6.45) is 1.95. The van der Waals surface area contributed by atoms with E-state index in [0.29, 0.717) is 30.1 Å². The topological polar surface area (TPSA) is 88.8 Å². The molecular weight excluding hydrogens is 332 g/mol. The Morgan fingerprint density at radius 3 is 2.79 bits per heavy atom. The molecule has 0 bridgehead atoms. The summed E-state index contributed by atoms with van der Waals surface area (Å²) >= 11 is 1.28. The van der Waals surface area contributed by atoms with Crippen molar-refractivity contribution in [3.8, 4) is 0 Å². The third-order valence-electron chi connectivity index (χ3n) is 3.86. The van der Waals surface area contributed by atoms with Crippen LogP contribution in [-0.4, -0.2) is 36.3 Å². The number of nitrogens with one attached hydrogen (secondary N) is 1. The highest BCUT2D eigenvalue weighted by molar-refractivity contribution is 7.17. The van der Waals surface area contributed by atoms with Gasteiger partial charge in [0.1, 0.15) is 5.00 Å². The van der Waals surface area contributed by atoms with E-state index in [1.165, 1.54) is 37.7 Å². The largest absolute Gasteiger partial charge is 0.465 e. The predicted molar refractivity (Wildman–Crippen MR) is 87.1 cm³/mol. The van der Waals surface area contributed by atoms with Crippen molar-refractivity contribution in [2.45, 2.75) is 19.9 Å². The number of rotatable bonds is 3. The van der Waals surface area contributed by atoms with E-state index < -0.39 is 11.9 Å². The molecule has 0 saturated carbocycles. The van der Waals surface area contributed by atoms with E-state index in [4.69, 9.17) is 9.15 Å². The molecule has 126 valence electrons. The lowest BCUT2D eigenvalue weighted by atomic mass is 10.0. The Kier molecular flexibility index (Phi) is 4.39. The maximum atomic E-state index is 12.2. The Balaban J connectivity index is 1.95. The quantitative estimate of drug-likeness (QED) is 0.860. The number of ether oxygens (including phenoxy) is 1. The molecule has 2 amide bonds. The fourth-order valence-electron chi connectivity index (χ4n) is 2.65. The first-order valence-electron chi connectivity index (χ1n) is 7.34. The molecule has 0 spiro atoms. The molecule has 2 aromatic rings. The second-order valence-electron chi connectivity index (χ2n) is 5.32. The third kappa shape index (κ3) is 2.92. The Hall–Kier alpha value is -2.61. The maximum Gasteiger partial charge on any atom is 0.341 e. The van der Waals surface area contributed by atoms with Crippen LogP contribution in [0.5, 0.6) is 0 Å². The van der Waals surface area contributed by atoms with Crippen LogP contribution in [0.15, 0.2) is 22.8 Å². The van der Waals surface area contributed by atoms with Gasteiger partial charge in [-0.25, -0.2) is 4.79 Å². The van der Waals surface area contributed by atoms with E-state index in [1.54, 1.807) is 11.0 Å². The van der Waals surface area contributed by atoms with Crippen LogP contribution >= 0.6 is 11.3 Å². The first-order valence-corrected chi connectivity index (χ1v) is 8.16. The van der Waals surface area contributed by atoms with E-state index in [2.05, 4.69) is 5.32 Å². The van der Waals surface area contributed by atoms with Gasteiger partial charge in [-0.15, -0.1) is 11.3 Å². The van der Waals surface area contributed by atoms with Crippen molar-refractivity contribution >= 4 is 34.1 Å². The lowest BCUT2D eigenvalue weighted by Crippen LogP contribution is -2.33. The van der Waals surface area contributed by atoms with Crippen LogP contribution in [0, 0.1) is 0 Å². The minimum absolute atomic E-state index is 0.0187. The fourth-order valence-corrected chi connectivity index (χ4v) is 3.90. The first-order chi connectivity index (χ1) is 11.5. The SMILES string of the molecule is COC(=O)c1c(NC(=O)c2ccco2)sc2c1CCN(C(C)=O)C2. The lowest BCUT2D eigenvalue weighted by molar-refractivity contribution is -0.129. The lowest BCUT2D eigenvalue weighted by Gasteiger charge is -2.25. The smallest absolute Gasteiger partial charge is 0.341 e. The molecule has 0 unspecified atom stereocenters. The van der Waals surface area contributed by atoms with Crippen LogP contribution in [-0.2, 0) is 22.5 Å². The van der Waals surface area contributed by atoms with Gasteiger partial charge < -0.3 is 19.4 Å². The molecule has 1 aliphatic heterocycles. The second kappa shape index (κ2) is 6.48. The van der Waals surface area contributed by atoms with E-state index in [0.717, 1.165) is 10.4 Å². The fraction of sp³-hybridized carbons (Fsp3) is 0.312. The summed E-state index contributed by atoms with van der Waals surface area (Å²) in [6, 6.07) is 3.15. The van der Waals surface area contributed by atoms with Crippen LogP contribution in [0.25, 0.3) is 0 Å². The van der Waals surface area contributed by atoms with Crippen LogP contribution in [0.1, 0.15) is 38.3 Å². The Morgan fingerprint density at radius 1 is 1.38 bits per heavy atom. The minimum Gasteiger partial charge on any atom is -0.465 e. The van der Waals surface area contributed by atoms with E-state index >= 15 is 0 Å². The zero-order valence-electron chi connectivity index (χ0n) is 13.3. The highest BCUT2D eigenvalue weighted by Crippen LogP contribution is 2.37. The molecule has 3 rings (SSSR count). The zero-order valence-corrected chi connectivity index (χ0v) is 14.1. The second-order valence-corrected chi connectivity index (χ2v) is 6.43. The molecule has 0 aromatic carbocycles. The molecule has 8 heteroatoms. The molecular formula is C16H16N2O5S. The van der Waals surface area contributed by atoms with Gasteiger partial charge in [0.05, 0.1) is 25.5 Å². The van der Waals surface area contributed by atoms with E-state index in [1.807, 2.05) is 0 Å². The Morgan fingerprint density at radius 2 is 2.17 bits per heavy atom. The predicted octanol–water partition coefficient (Wildman–Crippen LogP) is 2.28. The molecule has 3 heterocycles. The van der Waals surface area contributed by atoms with E-state index in [9.17, 15) is 14.4 Å². The highest BCUT2D eigenvalue weighted by Gasteiger charge is 2.30. The van der Waals surface area contributed by atoms with Gasteiger partial charge in [-0.2, -0.15) is 0 Å². The van der Waals surface area contributed by atoms with Gasteiger partial charge in [0, 0.05) is 18.3 Å². The van der Waals surface area contributed by atoms with Crippen molar-refractivity contribution in [3.63, 3.8) is 0 Å². The van der Waals surface area contributed by atoms with Crippen LogP contribution in [0.3, 0.4) is 0 Å². The molecule has 0 radical (unpaired) electrons. The van der Waals surface area contributed by atoms with Crippen LogP contribution in [0.2, 0.25) is 0 Å². The van der Waals surface area contributed by atoms with Gasteiger partial charge in [0.2, 0.25) is 5.91 Å². The average molecular weight is 348 g/mol. The van der Waals surface area contributed by atoms with Gasteiger partial charge in [0.15, 0.2) is 5.76 Å². The van der Waals surface area contributed by atoms with Gasteiger partial charge in [0.25, 0.3) is 5.91 Å². The van der Waals surface area contributed by atoms with E-state index in [-0.39, 0.29) is 11.7 Å². The molecule has 7 nitrogen and oxygen atoms in total. The molecule has 0 saturated heterocycles. The summed E-state index contributed by atoms with van der Waals surface area (Å²) in [5.74, 6) is -0.803. The molecule has 0 aliphatic carbocycles. The minimum atomic E-state index is -0.501. The number of carbonyl (C=O) groups is 3. The maximum absolute atomic E-state index is 12.2. The number of anilines is 1. The first kappa shape index (κ1) is 16.3. The summed E-state index contributed by atoms with van der Waals surface area (Å²) in [4.78, 5) is 38.6. The number of thiophene rings is 1. The number of hydrogen-bond donors (Lipinski definition) is 1. The van der Waals surface area contributed by atoms with Crippen molar-refractivity contribution < 1.29 is 23.5 Å². The third-order valence-corrected chi connectivity index (χ3v) is 5.00. The van der Waals surface area contributed by atoms with Gasteiger partial charge >= 0.3 is 5.97 Å². The summed E-state index contributed by atoms with van der Waals surface area (Å²) in [7, 11) is 1.30. The molecule has 24 heavy (non-hydrogen) atoms. The molecule has 0 atom stereocenters.